The number of nitrogens with zero attached hydrogens (tertiary/aromatic N) is 2. The van der Waals surface area contributed by atoms with E-state index in [1.54, 1.807) is 6.07 Å². The van der Waals surface area contributed by atoms with Crippen molar-refractivity contribution in [3.63, 3.8) is 0 Å². The topological polar surface area (TPSA) is 90.3 Å². The molecule has 0 aliphatic heterocycles. The molecule has 0 bridgehead atoms. The smallest absolute Gasteiger partial charge is 0.266 e. The third kappa shape index (κ3) is 5.98. The van der Waals surface area contributed by atoms with Crippen LogP contribution in [0.25, 0.3) is 11.3 Å². The van der Waals surface area contributed by atoms with Crippen LogP contribution in [0.15, 0.2) is 65.5 Å². The summed E-state index contributed by atoms with van der Waals surface area (Å²) in [4.78, 5) is 12.1. The lowest BCUT2D eigenvalue weighted by Gasteiger charge is -2.10. The summed E-state index contributed by atoms with van der Waals surface area (Å²) in [7, 11) is -3.68. The van der Waals surface area contributed by atoms with Gasteiger partial charge in [-0.3, -0.25) is 4.79 Å². The van der Waals surface area contributed by atoms with Crippen LogP contribution < -0.4 is 15.0 Å². The molecule has 3 rings (SSSR count). The van der Waals surface area contributed by atoms with Crippen molar-refractivity contribution in [1.82, 2.24) is 14.5 Å². The molecule has 0 amide bonds. The number of ether oxygens (including phenoxy) is 1. The minimum Gasteiger partial charge on any atom is -0.494 e. The molecule has 0 unspecified atom stereocenters. The van der Waals surface area contributed by atoms with Crippen LogP contribution in [-0.4, -0.2) is 31.3 Å². The minimum atomic E-state index is -3.68. The number of benzene rings is 2. The van der Waals surface area contributed by atoms with Crippen LogP contribution in [0.3, 0.4) is 0 Å². The number of rotatable bonds is 9. The van der Waals surface area contributed by atoms with Gasteiger partial charge in [0.15, 0.2) is 0 Å². The van der Waals surface area contributed by atoms with E-state index in [-0.39, 0.29) is 24.4 Å². The third-order valence-corrected chi connectivity index (χ3v) is 5.58. The molecule has 0 spiro atoms. The van der Waals surface area contributed by atoms with Crippen LogP contribution in [0.4, 0.5) is 4.39 Å². The van der Waals surface area contributed by atoms with Crippen LogP contribution in [0.1, 0.15) is 12.5 Å². The largest absolute Gasteiger partial charge is 0.494 e. The molecule has 158 valence electrons. The number of aromatic nitrogens is 2. The summed E-state index contributed by atoms with van der Waals surface area (Å²) >= 11 is 0. The van der Waals surface area contributed by atoms with Crippen molar-refractivity contribution >= 4 is 10.0 Å². The Balaban J connectivity index is 1.65. The maximum Gasteiger partial charge on any atom is 0.266 e. The molecule has 1 heterocycles. The highest BCUT2D eigenvalue weighted by atomic mass is 32.2. The zero-order valence-corrected chi connectivity index (χ0v) is 17.2. The van der Waals surface area contributed by atoms with Gasteiger partial charge >= 0.3 is 0 Å². The highest BCUT2D eigenvalue weighted by molar-refractivity contribution is 7.88. The summed E-state index contributed by atoms with van der Waals surface area (Å²) in [6.07, 6.45) is 0. The fourth-order valence-corrected chi connectivity index (χ4v) is 3.98. The predicted molar refractivity (Wildman–Crippen MR) is 112 cm³/mol. The molecule has 9 heteroatoms. The van der Waals surface area contributed by atoms with Crippen molar-refractivity contribution in [2.75, 3.05) is 13.2 Å². The Morgan fingerprint density at radius 1 is 1.10 bits per heavy atom. The Morgan fingerprint density at radius 3 is 2.57 bits per heavy atom. The van der Waals surface area contributed by atoms with Crippen molar-refractivity contribution in [3.05, 3.63) is 82.4 Å². The molecule has 7 nitrogen and oxygen atoms in total. The zero-order valence-electron chi connectivity index (χ0n) is 16.4. The molecular formula is C21H22FN3O4S. The third-order valence-electron chi connectivity index (χ3n) is 4.22. The van der Waals surface area contributed by atoms with E-state index >= 15 is 0 Å². The van der Waals surface area contributed by atoms with Gasteiger partial charge in [-0.15, -0.1) is 0 Å². The van der Waals surface area contributed by atoms with E-state index < -0.39 is 15.8 Å². The van der Waals surface area contributed by atoms with Gasteiger partial charge in [0, 0.05) is 18.2 Å². The van der Waals surface area contributed by atoms with E-state index in [9.17, 15) is 17.6 Å². The quantitative estimate of drug-likeness (QED) is 0.562. The first kappa shape index (κ1) is 21.7. The summed E-state index contributed by atoms with van der Waals surface area (Å²) < 4.78 is 46.7. The number of hydrogen-bond donors (Lipinski definition) is 1. The lowest BCUT2D eigenvalue weighted by atomic mass is 10.1. The van der Waals surface area contributed by atoms with Gasteiger partial charge in [0.05, 0.1) is 24.6 Å². The van der Waals surface area contributed by atoms with Crippen molar-refractivity contribution in [3.8, 4) is 17.0 Å². The highest BCUT2D eigenvalue weighted by Crippen LogP contribution is 2.19. The fourth-order valence-electron chi connectivity index (χ4n) is 2.86. The molecule has 3 aromatic rings. The van der Waals surface area contributed by atoms with E-state index in [4.69, 9.17) is 4.74 Å². The van der Waals surface area contributed by atoms with Crippen molar-refractivity contribution < 1.29 is 17.5 Å². The molecular weight excluding hydrogens is 409 g/mol. The average Bonchev–Trinajstić information content (AvgIpc) is 2.70. The maximum atomic E-state index is 13.2. The molecule has 1 aromatic heterocycles. The van der Waals surface area contributed by atoms with E-state index in [0.717, 1.165) is 11.3 Å². The van der Waals surface area contributed by atoms with Crippen molar-refractivity contribution in [2.45, 2.75) is 19.2 Å². The van der Waals surface area contributed by atoms with Crippen LogP contribution in [0.5, 0.6) is 5.75 Å². The first-order valence-electron chi connectivity index (χ1n) is 9.39. The minimum absolute atomic E-state index is 0.0166. The molecule has 0 atom stereocenters. The molecule has 0 aliphatic carbocycles. The molecule has 1 N–H and O–H groups in total. The second-order valence-electron chi connectivity index (χ2n) is 6.52. The maximum absolute atomic E-state index is 13.2. The van der Waals surface area contributed by atoms with Crippen molar-refractivity contribution in [1.29, 1.82) is 0 Å². The molecule has 0 fully saturated rings. The summed E-state index contributed by atoms with van der Waals surface area (Å²) in [6, 6.07) is 15.7. The van der Waals surface area contributed by atoms with Gasteiger partial charge < -0.3 is 4.74 Å². The van der Waals surface area contributed by atoms with Gasteiger partial charge in [-0.25, -0.2) is 22.2 Å². The highest BCUT2D eigenvalue weighted by Gasteiger charge is 2.12. The molecule has 0 saturated heterocycles. The second kappa shape index (κ2) is 9.64. The van der Waals surface area contributed by atoms with Gasteiger partial charge in [-0.05, 0) is 55.0 Å². The first-order chi connectivity index (χ1) is 14.4. The Bertz CT molecular complexity index is 1160. The lowest BCUT2D eigenvalue weighted by molar-refractivity contribution is 0.340. The number of nitrogens with one attached hydrogen (secondary N) is 1. The van der Waals surface area contributed by atoms with Crippen LogP contribution in [0.2, 0.25) is 0 Å². The van der Waals surface area contributed by atoms with Gasteiger partial charge in [-0.2, -0.15) is 5.10 Å². The summed E-state index contributed by atoms with van der Waals surface area (Å²) in [5.74, 6) is -0.105. The zero-order chi connectivity index (χ0) is 21.6. The van der Waals surface area contributed by atoms with E-state index in [1.807, 2.05) is 31.2 Å². The number of sulfonamides is 1. The molecule has 0 aliphatic rings. The molecule has 0 saturated carbocycles. The SMILES string of the molecule is CCOc1ccc(-c2ccc(=O)n(CCNS(=O)(=O)Cc3cccc(F)c3)n2)cc1. The monoisotopic (exact) mass is 431 g/mol. The van der Waals surface area contributed by atoms with E-state index in [2.05, 4.69) is 9.82 Å². The summed E-state index contributed by atoms with van der Waals surface area (Å²) in [5, 5.41) is 4.31. The number of hydrogen-bond acceptors (Lipinski definition) is 5. The Kier molecular flexibility index (Phi) is 6.96. The number of halogens is 1. The average molecular weight is 431 g/mol. The van der Waals surface area contributed by atoms with Crippen LogP contribution in [0, 0.1) is 5.82 Å². The van der Waals surface area contributed by atoms with E-state index in [0.29, 0.717) is 17.9 Å². The van der Waals surface area contributed by atoms with Crippen LogP contribution in [-0.2, 0) is 22.3 Å². The molecule has 0 radical (unpaired) electrons. The van der Waals surface area contributed by atoms with Gasteiger partial charge in [0.2, 0.25) is 10.0 Å². The first-order valence-corrected chi connectivity index (χ1v) is 11.0. The van der Waals surface area contributed by atoms with Crippen LogP contribution >= 0.6 is 0 Å². The Hall–Kier alpha value is -3.04. The standard InChI is InChI=1S/C21H22FN3O4S/c1-2-29-19-8-6-17(7-9-19)20-10-11-21(26)25(24-20)13-12-23-30(27,28)15-16-4-3-5-18(22)14-16/h3-11,14,23H,2,12-13,15H2,1H3. The summed E-state index contributed by atoms with van der Waals surface area (Å²) in [6.45, 7) is 2.51. The molecule has 2 aromatic carbocycles. The van der Waals surface area contributed by atoms with Crippen molar-refractivity contribution in [2.24, 2.45) is 0 Å². The summed E-state index contributed by atoms with van der Waals surface area (Å²) in [5.41, 5.74) is 1.39. The predicted octanol–water partition coefficient (Wildman–Crippen LogP) is 2.57. The Labute approximate surface area is 174 Å². The Morgan fingerprint density at radius 2 is 1.87 bits per heavy atom. The second-order valence-corrected chi connectivity index (χ2v) is 8.33. The normalized spacial score (nSPS) is 11.4. The van der Waals surface area contributed by atoms with E-state index in [1.165, 1.54) is 35.0 Å². The van der Waals surface area contributed by atoms with Gasteiger partial charge in [0.25, 0.3) is 5.56 Å². The fraction of sp³-hybridized carbons (Fsp3) is 0.238. The van der Waals surface area contributed by atoms with Gasteiger partial charge in [0.1, 0.15) is 11.6 Å². The lowest BCUT2D eigenvalue weighted by Crippen LogP contribution is -2.32. The molecule has 30 heavy (non-hydrogen) atoms. The van der Waals surface area contributed by atoms with Gasteiger partial charge in [-0.1, -0.05) is 12.1 Å².